The normalized spacial score (nSPS) is 20.4. The van der Waals surface area contributed by atoms with Crippen molar-refractivity contribution in [1.29, 1.82) is 0 Å². The van der Waals surface area contributed by atoms with Crippen LogP contribution in [0.25, 0.3) is 0 Å². The highest BCUT2D eigenvalue weighted by Crippen LogP contribution is 2.16. The Morgan fingerprint density at radius 2 is 2.29 bits per heavy atom. The van der Waals surface area contributed by atoms with Crippen LogP contribution in [-0.2, 0) is 0 Å². The highest BCUT2D eigenvalue weighted by atomic mass is 19.2. The van der Waals surface area contributed by atoms with Gasteiger partial charge >= 0.3 is 0 Å². The molecule has 1 aromatic heterocycles. The molecule has 0 aliphatic carbocycles. The van der Waals surface area contributed by atoms with Crippen LogP contribution in [0.4, 0.5) is 8.78 Å². The second-order valence-corrected chi connectivity index (χ2v) is 4.01. The minimum absolute atomic E-state index is 0.155. The molecule has 4 nitrogen and oxygen atoms in total. The Hall–Kier alpha value is -1.56. The van der Waals surface area contributed by atoms with Gasteiger partial charge in [-0.05, 0) is 18.9 Å². The first kappa shape index (κ1) is 11.9. The molecule has 1 N–H and O–H groups in total. The van der Waals surface area contributed by atoms with Gasteiger partial charge in [-0.1, -0.05) is 0 Å². The van der Waals surface area contributed by atoms with Crippen LogP contribution in [0.15, 0.2) is 12.3 Å². The fraction of sp³-hybridized carbons (Fsp3) is 0.455. The summed E-state index contributed by atoms with van der Waals surface area (Å²) in [6.07, 6.45) is 1.73. The van der Waals surface area contributed by atoms with Crippen LogP contribution in [0.3, 0.4) is 0 Å². The van der Waals surface area contributed by atoms with Crippen molar-refractivity contribution in [2.45, 2.75) is 18.9 Å². The predicted octanol–water partition coefficient (Wildman–Crippen LogP) is 0.957. The number of amides is 1. The lowest BCUT2D eigenvalue weighted by molar-refractivity contribution is 0.0469. The number of β-amino-alcohol motifs (C(OH)–C–C–N with tert-alkyl or cyclic N) is 1. The van der Waals surface area contributed by atoms with Gasteiger partial charge < -0.3 is 10.0 Å². The summed E-state index contributed by atoms with van der Waals surface area (Å²) in [7, 11) is 0. The van der Waals surface area contributed by atoms with Gasteiger partial charge in [-0.2, -0.15) is 4.39 Å². The molecule has 1 saturated heterocycles. The summed E-state index contributed by atoms with van der Waals surface area (Å²) in [4.78, 5) is 16.3. The van der Waals surface area contributed by atoms with E-state index in [0.29, 0.717) is 19.4 Å². The van der Waals surface area contributed by atoms with Crippen LogP contribution in [0.5, 0.6) is 0 Å². The average molecular weight is 242 g/mol. The number of likely N-dealkylation sites (tertiary alicyclic amines) is 1. The van der Waals surface area contributed by atoms with Gasteiger partial charge in [-0.15, -0.1) is 0 Å². The number of piperidine rings is 1. The first-order valence-electron chi connectivity index (χ1n) is 5.37. The molecule has 17 heavy (non-hydrogen) atoms. The zero-order valence-corrected chi connectivity index (χ0v) is 9.07. The summed E-state index contributed by atoms with van der Waals surface area (Å²) in [5.41, 5.74) is -0.341. The highest BCUT2D eigenvalue weighted by molar-refractivity contribution is 5.94. The molecule has 0 saturated carbocycles. The maximum atomic E-state index is 13.4. The molecule has 0 aromatic carbocycles. The second-order valence-electron chi connectivity index (χ2n) is 4.01. The predicted molar refractivity (Wildman–Crippen MR) is 55.3 cm³/mol. The van der Waals surface area contributed by atoms with E-state index in [9.17, 15) is 18.7 Å². The monoisotopic (exact) mass is 242 g/mol. The number of aliphatic hydroxyl groups excluding tert-OH is 1. The summed E-state index contributed by atoms with van der Waals surface area (Å²) < 4.78 is 26.2. The van der Waals surface area contributed by atoms with Crippen LogP contribution in [0.2, 0.25) is 0 Å². The quantitative estimate of drug-likeness (QED) is 0.746. The van der Waals surface area contributed by atoms with Gasteiger partial charge in [-0.25, -0.2) is 9.37 Å². The summed E-state index contributed by atoms with van der Waals surface area (Å²) >= 11 is 0. The third-order valence-corrected chi connectivity index (χ3v) is 2.76. The molecule has 0 bridgehead atoms. The summed E-state index contributed by atoms with van der Waals surface area (Å²) in [6.45, 7) is 0.599. The number of halogens is 2. The molecule has 1 fully saturated rings. The smallest absolute Gasteiger partial charge is 0.257 e. The van der Waals surface area contributed by atoms with Crippen molar-refractivity contribution in [1.82, 2.24) is 9.88 Å². The summed E-state index contributed by atoms with van der Waals surface area (Å²) in [5, 5.41) is 9.43. The van der Waals surface area contributed by atoms with Crippen LogP contribution in [-0.4, -0.2) is 40.1 Å². The van der Waals surface area contributed by atoms with Crippen molar-refractivity contribution in [3.63, 3.8) is 0 Å². The molecule has 1 aliphatic rings. The van der Waals surface area contributed by atoms with Crippen molar-refractivity contribution in [3.05, 3.63) is 29.6 Å². The van der Waals surface area contributed by atoms with E-state index in [1.54, 1.807) is 0 Å². The topological polar surface area (TPSA) is 53.4 Å². The lowest BCUT2D eigenvalue weighted by Gasteiger charge is -2.30. The van der Waals surface area contributed by atoms with Gasteiger partial charge in [0.2, 0.25) is 5.95 Å². The van der Waals surface area contributed by atoms with Crippen molar-refractivity contribution in [2.75, 3.05) is 13.1 Å². The first-order valence-corrected chi connectivity index (χ1v) is 5.37. The van der Waals surface area contributed by atoms with Gasteiger partial charge in [0.15, 0.2) is 5.82 Å². The van der Waals surface area contributed by atoms with Crippen LogP contribution in [0, 0.1) is 11.8 Å². The molecular weight excluding hydrogens is 230 g/mol. The van der Waals surface area contributed by atoms with Gasteiger partial charge in [0.25, 0.3) is 5.91 Å². The second kappa shape index (κ2) is 4.75. The Morgan fingerprint density at radius 1 is 1.53 bits per heavy atom. The molecule has 0 radical (unpaired) electrons. The zero-order chi connectivity index (χ0) is 12.4. The van der Waals surface area contributed by atoms with Crippen LogP contribution in [0.1, 0.15) is 23.2 Å². The number of hydrogen-bond donors (Lipinski definition) is 1. The first-order chi connectivity index (χ1) is 8.09. The Morgan fingerprint density at radius 3 is 3.00 bits per heavy atom. The van der Waals surface area contributed by atoms with Gasteiger partial charge in [0.1, 0.15) is 0 Å². The minimum atomic E-state index is -1.28. The van der Waals surface area contributed by atoms with E-state index >= 15 is 0 Å². The molecule has 2 heterocycles. The average Bonchev–Trinajstić information content (AvgIpc) is 2.32. The highest BCUT2D eigenvalue weighted by Gasteiger charge is 2.26. The van der Waals surface area contributed by atoms with Crippen LogP contribution >= 0.6 is 0 Å². The lowest BCUT2D eigenvalue weighted by Crippen LogP contribution is -2.42. The number of aromatic nitrogens is 1. The fourth-order valence-corrected chi connectivity index (χ4v) is 1.89. The van der Waals surface area contributed by atoms with Crippen molar-refractivity contribution in [2.24, 2.45) is 0 Å². The maximum absolute atomic E-state index is 13.4. The largest absolute Gasteiger partial charge is 0.391 e. The van der Waals surface area contributed by atoms with E-state index in [1.807, 2.05) is 0 Å². The van der Waals surface area contributed by atoms with E-state index in [1.165, 1.54) is 4.90 Å². The molecule has 1 atom stereocenters. The Balaban J connectivity index is 2.22. The van der Waals surface area contributed by atoms with Crippen molar-refractivity contribution < 1.29 is 18.7 Å². The van der Waals surface area contributed by atoms with E-state index in [4.69, 9.17) is 0 Å². The molecule has 1 amide bonds. The van der Waals surface area contributed by atoms with Crippen molar-refractivity contribution in [3.8, 4) is 0 Å². The number of rotatable bonds is 1. The molecular formula is C11H12F2N2O2. The Bertz CT molecular complexity index is 439. The van der Waals surface area contributed by atoms with Gasteiger partial charge in [0.05, 0.1) is 11.7 Å². The number of carbonyl (C=O) groups excluding carboxylic acids is 1. The summed E-state index contributed by atoms with van der Waals surface area (Å²) in [6, 6.07) is 1.14. The number of aliphatic hydroxyl groups is 1. The van der Waals surface area contributed by atoms with Crippen LogP contribution < -0.4 is 0 Å². The van der Waals surface area contributed by atoms with Crippen molar-refractivity contribution >= 4 is 5.91 Å². The van der Waals surface area contributed by atoms with E-state index in [2.05, 4.69) is 4.98 Å². The number of carbonyl (C=O) groups is 1. The molecule has 0 spiro atoms. The maximum Gasteiger partial charge on any atom is 0.257 e. The molecule has 92 valence electrons. The van der Waals surface area contributed by atoms with Gasteiger partial charge in [-0.3, -0.25) is 4.79 Å². The molecule has 1 unspecified atom stereocenters. The molecule has 1 aliphatic heterocycles. The van der Waals surface area contributed by atoms with Gasteiger partial charge in [0, 0.05) is 19.3 Å². The minimum Gasteiger partial charge on any atom is -0.391 e. The molecule has 6 heteroatoms. The molecule has 2 rings (SSSR count). The third kappa shape index (κ3) is 2.41. The SMILES string of the molecule is O=C(c1ccnc(F)c1F)N1CCCC(O)C1. The fourth-order valence-electron chi connectivity index (χ4n) is 1.89. The third-order valence-electron chi connectivity index (χ3n) is 2.76. The number of nitrogens with zero attached hydrogens (tertiary/aromatic N) is 2. The zero-order valence-electron chi connectivity index (χ0n) is 9.07. The summed E-state index contributed by atoms with van der Waals surface area (Å²) in [5.74, 6) is -3.13. The Labute approximate surface area is 96.9 Å². The number of hydrogen-bond acceptors (Lipinski definition) is 3. The van der Waals surface area contributed by atoms with E-state index in [0.717, 1.165) is 12.3 Å². The van der Waals surface area contributed by atoms with E-state index in [-0.39, 0.29) is 12.1 Å². The standard InChI is InChI=1S/C11H12F2N2O2/c12-9-8(3-4-14-10(9)13)11(17)15-5-1-2-7(16)6-15/h3-4,7,16H,1-2,5-6H2. The van der Waals surface area contributed by atoms with E-state index < -0.39 is 23.8 Å². The molecule has 1 aromatic rings. The number of pyridine rings is 1. The Kier molecular flexibility index (Phi) is 3.33. The lowest BCUT2D eigenvalue weighted by atomic mass is 10.1.